The molecular weight excluding hydrogens is 332 g/mol. The third-order valence-electron chi connectivity index (χ3n) is 9.33. The van der Waals surface area contributed by atoms with E-state index < -0.39 is 29.5 Å². The fourth-order valence-corrected chi connectivity index (χ4v) is 7.95. The Morgan fingerprint density at radius 1 is 1.08 bits per heavy atom. The zero-order valence-corrected chi connectivity index (χ0v) is 16.0. The van der Waals surface area contributed by atoms with Crippen molar-refractivity contribution in [3.63, 3.8) is 0 Å². The molecule has 0 amide bonds. The molecule has 26 heavy (non-hydrogen) atoms. The molecule has 148 valence electrons. The largest absolute Gasteiger partial charge is 0.393 e. The van der Waals surface area contributed by atoms with Crippen molar-refractivity contribution in [1.82, 2.24) is 0 Å². The van der Waals surface area contributed by atoms with E-state index in [1.54, 1.807) is 0 Å². The number of aliphatic hydroxyl groups is 4. The second-order valence-electron chi connectivity index (χ2n) is 10.2. The summed E-state index contributed by atoms with van der Waals surface area (Å²) in [6, 6.07) is 0. The summed E-state index contributed by atoms with van der Waals surface area (Å²) in [7, 11) is 0. The number of fused-ring (bicyclic) bond motifs is 5. The Morgan fingerprint density at radius 2 is 1.81 bits per heavy atom. The average molecular weight is 366 g/mol. The van der Waals surface area contributed by atoms with Gasteiger partial charge < -0.3 is 20.4 Å². The van der Waals surface area contributed by atoms with Gasteiger partial charge in [-0.15, -0.1) is 0 Å². The highest BCUT2D eigenvalue weighted by molar-refractivity contribution is 5.89. The summed E-state index contributed by atoms with van der Waals surface area (Å²) in [5.74, 6) is 0.653. The Hall–Kier alpha value is -0.490. The van der Waals surface area contributed by atoms with Gasteiger partial charge in [0.2, 0.25) is 0 Å². The molecule has 0 aromatic carbocycles. The maximum atomic E-state index is 12.4. The molecule has 4 fully saturated rings. The lowest BCUT2D eigenvalue weighted by Crippen LogP contribution is -2.63. The molecule has 0 aromatic heterocycles. The van der Waals surface area contributed by atoms with Crippen LogP contribution in [0.25, 0.3) is 0 Å². The zero-order valence-electron chi connectivity index (χ0n) is 16.0. The summed E-state index contributed by atoms with van der Waals surface area (Å²) < 4.78 is 0. The minimum absolute atomic E-state index is 0.0323. The van der Waals surface area contributed by atoms with Crippen LogP contribution in [0.3, 0.4) is 0 Å². The highest BCUT2D eigenvalue weighted by Crippen LogP contribution is 2.68. The smallest absolute Gasteiger partial charge is 0.190 e. The quantitative estimate of drug-likeness (QED) is 0.596. The van der Waals surface area contributed by atoms with Crippen molar-refractivity contribution in [3.8, 4) is 0 Å². The van der Waals surface area contributed by atoms with Crippen LogP contribution in [0, 0.1) is 34.5 Å². The fraction of sp³-hybridized carbons (Fsp3) is 0.952. The number of rotatable bonds is 2. The molecule has 4 aliphatic rings. The van der Waals surface area contributed by atoms with Crippen molar-refractivity contribution >= 4 is 5.78 Å². The summed E-state index contributed by atoms with van der Waals surface area (Å²) in [5.41, 5.74) is -2.14. The first-order chi connectivity index (χ1) is 12.2. The van der Waals surface area contributed by atoms with Crippen LogP contribution in [0.5, 0.6) is 0 Å². The molecule has 0 spiro atoms. The van der Waals surface area contributed by atoms with E-state index in [0.29, 0.717) is 24.7 Å². The van der Waals surface area contributed by atoms with E-state index in [0.717, 1.165) is 38.5 Å². The van der Waals surface area contributed by atoms with Crippen LogP contribution in [-0.2, 0) is 4.79 Å². The number of hydrogen-bond acceptors (Lipinski definition) is 5. The first-order valence-corrected chi connectivity index (χ1v) is 10.4. The zero-order chi connectivity index (χ0) is 18.9. The lowest BCUT2D eigenvalue weighted by Gasteiger charge is -2.62. The van der Waals surface area contributed by atoms with Crippen LogP contribution in [-0.4, -0.2) is 50.6 Å². The van der Waals surface area contributed by atoms with Crippen LogP contribution in [0.2, 0.25) is 0 Å². The highest BCUT2D eigenvalue weighted by Gasteiger charge is 2.68. The predicted molar refractivity (Wildman–Crippen MR) is 96.2 cm³/mol. The molecule has 0 saturated heterocycles. The van der Waals surface area contributed by atoms with Gasteiger partial charge in [0.15, 0.2) is 5.78 Å². The monoisotopic (exact) mass is 366 g/mol. The Bertz CT molecular complexity index is 593. The Balaban J connectivity index is 1.69. The average Bonchev–Trinajstić information content (AvgIpc) is 2.86. The fourth-order valence-electron chi connectivity index (χ4n) is 7.95. The van der Waals surface area contributed by atoms with Gasteiger partial charge in [0, 0.05) is 5.41 Å². The SMILES string of the molecule is C[C@]12CCC(O)CC1CC[C@@H]1[C@@H]2C(O)C[C@@]2(C)[C@H]1CCC2(O)C(=O)CO. The standard InChI is InChI=1S/C21H34O5/c1-19-7-5-13(23)9-12(19)3-4-14-15-6-8-21(26,17(25)11-22)20(15,2)10-16(24)18(14)19/h12-16,18,22-24,26H,3-11H2,1-2H3/t12?,13?,14-,15-,16?,18+,19-,20-,21?/m0/s1. The maximum absolute atomic E-state index is 12.4. The van der Waals surface area contributed by atoms with Crippen LogP contribution in [0.15, 0.2) is 0 Å². The van der Waals surface area contributed by atoms with Gasteiger partial charge in [-0.1, -0.05) is 13.8 Å². The molecule has 5 nitrogen and oxygen atoms in total. The molecular formula is C21H34O5. The molecule has 0 bridgehead atoms. The Morgan fingerprint density at radius 3 is 2.50 bits per heavy atom. The molecule has 4 aliphatic carbocycles. The van der Waals surface area contributed by atoms with Crippen LogP contribution in [0.1, 0.15) is 65.2 Å². The van der Waals surface area contributed by atoms with Crippen molar-refractivity contribution in [1.29, 1.82) is 0 Å². The van der Waals surface area contributed by atoms with Crippen molar-refractivity contribution < 1.29 is 25.2 Å². The van der Waals surface area contributed by atoms with Gasteiger partial charge in [0.1, 0.15) is 12.2 Å². The van der Waals surface area contributed by atoms with E-state index in [9.17, 15) is 25.2 Å². The van der Waals surface area contributed by atoms with E-state index in [1.807, 2.05) is 6.92 Å². The molecule has 9 atom stereocenters. The summed E-state index contributed by atoms with van der Waals surface area (Å²) in [5, 5.41) is 41.9. The van der Waals surface area contributed by atoms with Crippen LogP contribution >= 0.6 is 0 Å². The van der Waals surface area contributed by atoms with E-state index in [4.69, 9.17) is 0 Å². The molecule has 4 saturated carbocycles. The number of carbonyl (C=O) groups is 1. The number of aliphatic hydroxyl groups excluding tert-OH is 3. The first-order valence-electron chi connectivity index (χ1n) is 10.4. The summed E-state index contributed by atoms with van der Waals surface area (Å²) in [6.45, 7) is 3.61. The number of ketones is 1. The van der Waals surface area contributed by atoms with Gasteiger partial charge in [0.05, 0.1) is 12.2 Å². The summed E-state index contributed by atoms with van der Waals surface area (Å²) in [6.07, 6.45) is 5.48. The van der Waals surface area contributed by atoms with Gasteiger partial charge in [0.25, 0.3) is 0 Å². The van der Waals surface area contributed by atoms with Crippen molar-refractivity contribution in [2.75, 3.05) is 6.61 Å². The third-order valence-corrected chi connectivity index (χ3v) is 9.33. The van der Waals surface area contributed by atoms with Gasteiger partial charge >= 0.3 is 0 Å². The minimum atomic E-state index is -1.52. The number of Topliss-reactive ketones (excluding diaryl/α,β-unsaturated/α-hetero) is 1. The molecule has 0 aliphatic heterocycles. The van der Waals surface area contributed by atoms with Crippen LogP contribution in [0.4, 0.5) is 0 Å². The second kappa shape index (κ2) is 6.00. The third kappa shape index (κ3) is 2.27. The Kier molecular flexibility index (Phi) is 4.35. The van der Waals surface area contributed by atoms with E-state index in [2.05, 4.69) is 6.92 Å². The lowest BCUT2D eigenvalue weighted by atomic mass is 9.43. The van der Waals surface area contributed by atoms with Gasteiger partial charge in [-0.3, -0.25) is 4.79 Å². The molecule has 4 rings (SSSR count). The highest BCUT2D eigenvalue weighted by atomic mass is 16.3. The second-order valence-corrected chi connectivity index (χ2v) is 10.2. The van der Waals surface area contributed by atoms with Gasteiger partial charge in [-0.25, -0.2) is 0 Å². The van der Waals surface area contributed by atoms with E-state index in [-0.39, 0.29) is 23.4 Å². The van der Waals surface area contributed by atoms with Crippen LogP contribution < -0.4 is 0 Å². The summed E-state index contributed by atoms with van der Waals surface area (Å²) in [4.78, 5) is 12.4. The van der Waals surface area contributed by atoms with E-state index in [1.165, 1.54) is 0 Å². The molecule has 0 heterocycles. The van der Waals surface area contributed by atoms with Crippen molar-refractivity contribution in [2.24, 2.45) is 34.5 Å². The van der Waals surface area contributed by atoms with Gasteiger partial charge in [-0.2, -0.15) is 0 Å². The number of carbonyl (C=O) groups excluding carboxylic acids is 1. The Labute approximate surface area is 155 Å². The normalized spacial score (nSPS) is 56.4. The molecule has 4 unspecified atom stereocenters. The first kappa shape index (κ1) is 18.9. The molecule has 0 radical (unpaired) electrons. The number of hydrogen-bond donors (Lipinski definition) is 4. The molecule has 4 N–H and O–H groups in total. The predicted octanol–water partition coefficient (Wildman–Crippen LogP) is 1.65. The van der Waals surface area contributed by atoms with E-state index >= 15 is 0 Å². The van der Waals surface area contributed by atoms with Crippen molar-refractivity contribution in [3.05, 3.63) is 0 Å². The maximum Gasteiger partial charge on any atom is 0.190 e. The van der Waals surface area contributed by atoms with Gasteiger partial charge in [-0.05, 0) is 80.5 Å². The topological polar surface area (TPSA) is 98.0 Å². The minimum Gasteiger partial charge on any atom is -0.393 e. The van der Waals surface area contributed by atoms with Crippen molar-refractivity contribution in [2.45, 2.75) is 83.0 Å². The molecule has 5 heteroatoms. The molecule has 0 aromatic rings. The lowest BCUT2D eigenvalue weighted by molar-refractivity contribution is -0.202. The summed E-state index contributed by atoms with van der Waals surface area (Å²) >= 11 is 0.